The van der Waals surface area contributed by atoms with E-state index in [-0.39, 0.29) is 12.6 Å². The number of hydrogen-bond acceptors (Lipinski definition) is 4. The summed E-state index contributed by atoms with van der Waals surface area (Å²) in [5.74, 6) is 2.49. The van der Waals surface area contributed by atoms with Crippen LogP contribution >= 0.6 is 0 Å². The third-order valence-corrected chi connectivity index (χ3v) is 5.04. The van der Waals surface area contributed by atoms with Crippen molar-refractivity contribution in [3.8, 4) is 5.75 Å². The van der Waals surface area contributed by atoms with Crippen LogP contribution in [0.1, 0.15) is 43.8 Å². The highest BCUT2D eigenvalue weighted by Crippen LogP contribution is 2.19. The monoisotopic (exact) mass is 449 g/mol. The maximum Gasteiger partial charge on any atom is 0.191 e. The summed E-state index contributed by atoms with van der Waals surface area (Å²) in [4.78, 5) is 9.06. The third kappa shape index (κ3) is 7.95. The Labute approximate surface area is 196 Å². The van der Waals surface area contributed by atoms with Gasteiger partial charge in [-0.25, -0.2) is 4.98 Å². The van der Waals surface area contributed by atoms with Crippen LogP contribution in [0, 0.1) is 0 Å². The highest BCUT2D eigenvalue weighted by atomic mass is 16.5. The van der Waals surface area contributed by atoms with E-state index in [2.05, 4.69) is 49.4 Å². The Morgan fingerprint density at radius 3 is 2.55 bits per heavy atom. The van der Waals surface area contributed by atoms with E-state index in [1.54, 1.807) is 0 Å². The molecule has 0 saturated heterocycles. The minimum atomic E-state index is -0.682. The number of nitrogens with zero attached hydrogens (tertiary/aromatic N) is 3. The van der Waals surface area contributed by atoms with Crippen molar-refractivity contribution >= 4 is 5.96 Å². The largest absolute Gasteiger partial charge is 0.491 e. The molecule has 0 spiro atoms. The summed E-state index contributed by atoms with van der Waals surface area (Å²) in [5, 5.41) is 17.1. The molecule has 3 N–H and O–H groups in total. The highest BCUT2D eigenvalue weighted by molar-refractivity contribution is 5.79. The molecule has 0 amide bonds. The predicted octanol–water partition coefficient (Wildman–Crippen LogP) is 3.55. The lowest BCUT2D eigenvalue weighted by Gasteiger charge is -2.15. The van der Waals surface area contributed by atoms with E-state index in [1.807, 2.05) is 63.5 Å². The quantitative estimate of drug-likeness (QED) is 0.308. The molecule has 33 heavy (non-hydrogen) atoms. The fourth-order valence-corrected chi connectivity index (χ4v) is 3.45. The van der Waals surface area contributed by atoms with E-state index < -0.39 is 6.10 Å². The topological polar surface area (TPSA) is 83.7 Å². The van der Waals surface area contributed by atoms with Crippen molar-refractivity contribution in [2.45, 2.75) is 45.9 Å². The molecule has 2 aromatic carbocycles. The van der Waals surface area contributed by atoms with Gasteiger partial charge in [0.1, 0.15) is 11.6 Å². The molecule has 3 rings (SSSR count). The molecule has 0 aliphatic rings. The molecule has 0 fully saturated rings. The smallest absolute Gasteiger partial charge is 0.191 e. The van der Waals surface area contributed by atoms with E-state index >= 15 is 0 Å². The van der Waals surface area contributed by atoms with Gasteiger partial charge < -0.3 is 25.0 Å². The lowest BCUT2D eigenvalue weighted by molar-refractivity contribution is 0.186. The molecule has 7 nitrogen and oxygen atoms in total. The summed E-state index contributed by atoms with van der Waals surface area (Å²) in [5.41, 5.74) is 2.06. The summed E-state index contributed by atoms with van der Waals surface area (Å²) in [6, 6.07) is 17.9. The number of guanidine groups is 1. The Kier molecular flexibility index (Phi) is 9.32. The van der Waals surface area contributed by atoms with Crippen molar-refractivity contribution in [3.05, 3.63) is 83.9 Å². The fraction of sp³-hybridized carbons (Fsp3) is 0.385. The first kappa shape index (κ1) is 24.3. The number of aliphatic imine (C=N–C) groups is 1. The van der Waals surface area contributed by atoms with Crippen molar-refractivity contribution in [2.24, 2.45) is 4.99 Å². The van der Waals surface area contributed by atoms with Gasteiger partial charge in [0.2, 0.25) is 0 Å². The molecule has 7 heteroatoms. The molecule has 1 unspecified atom stereocenters. The van der Waals surface area contributed by atoms with Crippen molar-refractivity contribution < 1.29 is 9.84 Å². The van der Waals surface area contributed by atoms with Crippen molar-refractivity contribution in [2.75, 3.05) is 19.6 Å². The van der Waals surface area contributed by atoms with Crippen LogP contribution in [0.3, 0.4) is 0 Å². The van der Waals surface area contributed by atoms with Crippen LogP contribution in [-0.2, 0) is 13.0 Å². The number of ether oxygens (including phenoxy) is 1. The Balaban J connectivity index is 1.52. The van der Waals surface area contributed by atoms with Gasteiger partial charge in [-0.3, -0.25) is 4.99 Å². The minimum Gasteiger partial charge on any atom is -0.491 e. The second-order valence-electron chi connectivity index (χ2n) is 8.10. The minimum absolute atomic E-state index is 0.121. The molecule has 0 aliphatic heterocycles. The molecular formula is C26H35N5O2. The number of aromatic nitrogens is 2. The van der Waals surface area contributed by atoms with E-state index in [0.717, 1.165) is 36.6 Å². The second-order valence-corrected chi connectivity index (χ2v) is 8.10. The normalized spacial score (nSPS) is 12.6. The number of aliphatic hydroxyl groups is 1. The Bertz CT molecular complexity index is 983. The number of rotatable bonds is 11. The first-order valence-electron chi connectivity index (χ1n) is 11.6. The van der Waals surface area contributed by atoms with Crippen molar-refractivity contribution in [1.29, 1.82) is 0 Å². The van der Waals surface area contributed by atoms with Gasteiger partial charge in [0.05, 0.1) is 18.8 Å². The lowest BCUT2D eigenvalue weighted by Crippen LogP contribution is -2.38. The molecule has 3 aromatic rings. The van der Waals surface area contributed by atoms with E-state index in [4.69, 9.17) is 4.74 Å². The van der Waals surface area contributed by atoms with E-state index in [1.165, 1.54) is 5.56 Å². The van der Waals surface area contributed by atoms with Gasteiger partial charge in [-0.15, -0.1) is 0 Å². The average molecular weight is 450 g/mol. The number of benzene rings is 2. The van der Waals surface area contributed by atoms with Crippen LogP contribution in [0.25, 0.3) is 0 Å². The van der Waals surface area contributed by atoms with E-state index in [9.17, 15) is 5.11 Å². The van der Waals surface area contributed by atoms with Gasteiger partial charge in [0, 0.05) is 38.4 Å². The van der Waals surface area contributed by atoms with Crippen LogP contribution < -0.4 is 15.4 Å². The van der Waals surface area contributed by atoms with Crippen molar-refractivity contribution in [3.63, 3.8) is 0 Å². The highest BCUT2D eigenvalue weighted by Gasteiger charge is 2.09. The van der Waals surface area contributed by atoms with Crippen LogP contribution in [0.4, 0.5) is 0 Å². The number of hydrogen-bond donors (Lipinski definition) is 3. The van der Waals surface area contributed by atoms with Crippen LogP contribution in [0.2, 0.25) is 0 Å². The van der Waals surface area contributed by atoms with Gasteiger partial charge in [0.15, 0.2) is 5.96 Å². The molecule has 0 aliphatic carbocycles. The van der Waals surface area contributed by atoms with Crippen molar-refractivity contribution in [1.82, 2.24) is 20.2 Å². The van der Waals surface area contributed by atoms with Gasteiger partial charge in [0.25, 0.3) is 0 Å². The standard InChI is InChI=1S/C26H35N5O2/c1-4-27-26(30-18-24(32)22-10-12-23(13-11-22)33-20(2)3)29-15-14-25-28-16-17-31(25)19-21-8-6-5-7-9-21/h5-13,16-17,20,24,32H,4,14-15,18-19H2,1-3H3,(H2,27,29,30). The molecule has 0 bridgehead atoms. The van der Waals surface area contributed by atoms with E-state index in [0.29, 0.717) is 12.5 Å². The maximum absolute atomic E-state index is 10.5. The summed E-state index contributed by atoms with van der Waals surface area (Å²) in [6.07, 6.45) is 4.05. The number of aliphatic hydroxyl groups excluding tert-OH is 1. The molecule has 1 heterocycles. The first-order chi connectivity index (χ1) is 16.0. The molecule has 1 atom stereocenters. The molecule has 0 radical (unpaired) electrons. The van der Waals surface area contributed by atoms with Crippen LogP contribution in [0.15, 0.2) is 72.0 Å². The Hall–Kier alpha value is -3.32. The number of imidazole rings is 1. The Morgan fingerprint density at radius 1 is 1.09 bits per heavy atom. The van der Waals surface area contributed by atoms with Gasteiger partial charge in [-0.2, -0.15) is 0 Å². The second kappa shape index (κ2) is 12.6. The summed E-state index contributed by atoms with van der Waals surface area (Å²) >= 11 is 0. The Morgan fingerprint density at radius 2 is 1.85 bits per heavy atom. The summed E-state index contributed by atoms with van der Waals surface area (Å²) < 4.78 is 7.82. The zero-order valence-electron chi connectivity index (χ0n) is 19.7. The van der Waals surface area contributed by atoms with Crippen LogP contribution in [-0.4, -0.2) is 46.4 Å². The first-order valence-corrected chi connectivity index (χ1v) is 11.6. The predicted molar refractivity (Wildman–Crippen MR) is 133 cm³/mol. The summed E-state index contributed by atoms with van der Waals surface area (Å²) in [7, 11) is 0. The average Bonchev–Trinajstić information content (AvgIpc) is 3.24. The number of nitrogens with one attached hydrogen (secondary N) is 2. The SMILES string of the molecule is CCNC(=NCC(O)c1ccc(OC(C)C)cc1)NCCc1nccn1Cc1ccccc1. The van der Waals surface area contributed by atoms with Gasteiger partial charge in [-0.05, 0) is 44.0 Å². The van der Waals surface area contributed by atoms with Gasteiger partial charge >= 0.3 is 0 Å². The summed E-state index contributed by atoms with van der Waals surface area (Å²) in [6.45, 7) is 8.50. The molecule has 176 valence electrons. The van der Waals surface area contributed by atoms with Gasteiger partial charge in [-0.1, -0.05) is 42.5 Å². The zero-order valence-corrected chi connectivity index (χ0v) is 19.7. The maximum atomic E-state index is 10.5. The third-order valence-electron chi connectivity index (χ3n) is 5.04. The fourth-order valence-electron chi connectivity index (χ4n) is 3.45. The molecular weight excluding hydrogens is 414 g/mol. The molecule has 0 saturated carbocycles. The molecule has 1 aromatic heterocycles. The van der Waals surface area contributed by atoms with Crippen LogP contribution in [0.5, 0.6) is 5.75 Å². The zero-order chi connectivity index (χ0) is 23.5. The lowest BCUT2D eigenvalue weighted by atomic mass is 10.1.